The van der Waals surface area contributed by atoms with E-state index in [0.29, 0.717) is 24.3 Å². The lowest BCUT2D eigenvalue weighted by atomic mass is 9.79. The number of rotatable bonds is 3. The Labute approximate surface area is 107 Å². The van der Waals surface area contributed by atoms with Crippen LogP contribution in [0.25, 0.3) is 0 Å². The van der Waals surface area contributed by atoms with Crippen LogP contribution in [0.15, 0.2) is 12.1 Å². The van der Waals surface area contributed by atoms with Gasteiger partial charge < -0.3 is 14.6 Å². The summed E-state index contributed by atoms with van der Waals surface area (Å²) in [6.07, 6.45) is 0.376. The van der Waals surface area contributed by atoms with Crippen molar-refractivity contribution in [2.24, 2.45) is 5.92 Å². The van der Waals surface area contributed by atoms with Gasteiger partial charge in [0, 0.05) is 17.0 Å². The highest BCUT2D eigenvalue weighted by Gasteiger charge is 2.32. The zero-order valence-corrected chi connectivity index (χ0v) is 10.9. The minimum atomic E-state index is -0.673. The predicted octanol–water partition coefficient (Wildman–Crippen LogP) is 1.89. The fourth-order valence-electron chi connectivity index (χ4n) is 2.60. The van der Waals surface area contributed by atoms with Crippen LogP contribution in [0.4, 0.5) is 0 Å². The number of ketones is 1. The second-order valence-corrected chi connectivity index (χ2v) is 4.63. The maximum Gasteiger partial charge on any atom is 0.133 e. The van der Waals surface area contributed by atoms with E-state index in [4.69, 9.17) is 9.47 Å². The van der Waals surface area contributed by atoms with Gasteiger partial charge in [0.15, 0.2) is 0 Å². The molecule has 2 atom stereocenters. The van der Waals surface area contributed by atoms with Crippen LogP contribution < -0.4 is 9.47 Å². The molecule has 1 aromatic carbocycles. The summed E-state index contributed by atoms with van der Waals surface area (Å²) in [6.45, 7) is 1.56. The first kappa shape index (κ1) is 12.9. The Balaban J connectivity index is 2.52. The molecular weight excluding hydrogens is 232 g/mol. The van der Waals surface area contributed by atoms with E-state index in [-0.39, 0.29) is 11.7 Å². The number of benzene rings is 1. The molecule has 1 N–H and O–H groups in total. The molecule has 0 aromatic heterocycles. The van der Waals surface area contributed by atoms with Crippen molar-refractivity contribution in [3.63, 3.8) is 0 Å². The number of Topliss-reactive ketones (excluding diaryl/α,β-unsaturated/α-hetero) is 1. The molecule has 18 heavy (non-hydrogen) atoms. The highest BCUT2D eigenvalue weighted by Crippen LogP contribution is 2.43. The SMILES string of the molecule is COc1ccc(OC)c2c1CC(C(C)=O)CC2O. The number of carbonyl (C=O) groups is 1. The number of ether oxygens (including phenoxy) is 2. The second-order valence-electron chi connectivity index (χ2n) is 4.63. The van der Waals surface area contributed by atoms with Crippen molar-refractivity contribution in [3.8, 4) is 11.5 Å². The Morgan fingerprint density at radius 2 is 1.89 bits per heavy atom. The molecule has 0 fully saturated rings. The van der Waals surface area contributed by atoms with Gasteiger partial charge in [-0.15, -0.1) is 0 Å². The molecule has 0 spiro atoms. The smallest absolute Gasteiger partial charge is 0.133 e. The van der Waals surface area contributed by atoms with Gasteiger partial charge in [-0.2, -0.15) is 0 Å². The minimum Gasteiger partial charge on any atom is -0.496 e. The summed E-state index contributed by atoms with van der Waals surface area (Å²) in [5, 5.41) is 10.2. The van der Waals surface area contributed by atoms with E-state index in [9.17, 15) is 9.90 Å². The zero-order valence-electron chi connectivity index (χ0n) is 10.9. The zero-order chi connectivity index (χ0) is 13.3. The van der Waals surface area contributed by atoms with Gasteiger partial charge in [0.05, 0.1) is 20.3 Å². The summed E-state index contributed by atoms with van der Waals surface area (Å²) < 4.78 is 10.6. The summed E-state index contributed by atoms with van der Waals surface area (Å²) in [7, 11) is 3.16. The molecule has 0 amide bonds. The highest BCUT2D eigenvalue weighted by molar-refractivity contribution is 5.79. The van der Waals surface area contributed by atoms with Crippen molar-refractivity contribution in [1.29, 1.82) is 0 Å². The van der Waals surface area contributed by atoms with Crippen LogP contribution in [0.5, 0.6) is 11.5 Å². The number of aliphatic hydroxyl groups is 1. The van der Waals surface area contributed by atoms with E-state index in [1.807, 2.05) is 6.07 Å². The third-order valence-corrected chi connectivity index (χ3v) is 3.58. The summed E-state index contributed by atoms with van der Waals surface area (Å²) in [5.74, 6) is 1.31. The lowest BCUT2D eigenvalue weighted by molar-refractivity contribution is -0.122. The lowest BCUT2D eigenvalue weighted by Gasteiger charge is -2.29. The molecule has 1 aromatic rings. The van der Waals surface area contributed by atoms with Crippen LogP contribution >= 0.6 is 0 Å². The largest absolute Gasteiger partial charge is 0.496 e. The quantitative estimate of drug-likeness (QED) is 0.890. The van der Waals surface area contributed by atoms with Crippen molar-refractivity contribution < 1.29 is 19.4 Å². The van der Waals surface area contributed by atoms with E-state index < -0.39 is 6.10 Å². The topological polar surface area (TPSA) is 55.8 Å². The molecule has 2 rings (SSSR count). The maximum absolute atomic E-state index is 11.5. The van der Waals surface area contributed by atoms with Gasteiger partial charge in [-0.1, -0.05) is 0 Å². The van der Waals surface area contributed by atoms with Gasteiger partial charge in [-0.3, -0.25) is 4.79 Å². The van der Waals surface area contributed by atoms with Crippen LogP contribution in [0.3, 0.4) is 0 Å². The van der Waals surface area contributed by atoms with E-state index in [1.54, 1.807) is 27.2 Å². The standard InChI is InChI=1S/C14H18O4/c1-8(15)9-6-10-12(17-2)4-5-13(18-3)14(10)11(16)7-9/h4-5,9,11,16H,6-7H2,1-3H3. The Kier molecular flexibility index (Phi) is 3.57. The molecule has 4 heteroatoms. The molecule has 2 unspecified atom stereocenters. The van der Waals surface area contributed by atoms with E-state index >= 15 is 0 Å². The van der Waals surface area contributed by atoms with Crippen LogP contribution in [-0.4, -0.2) is 25.1 Å². The van der Waals surface area contributed by atoms with Crippen molar-refractivity contribution in [2.45, 2.75) is 25.9 Å². The molecule has 0 saturated heterocycles. The number of methoxy groups -OCH3 is 2. The number of carbonyl (C=O) groups excluding carboxylic acids is 1. The molecule has 0 bridgehead atoms. The highest BCUT2D eigenvalue weighted by atomic mass is 16.5. The minimum absolute atomic E-state index is 0.101. The van der Waals surface area contributed by atoms with E-state index in [0.717, 1.165) is 11.1 Å². The number of hydrogen-bond acceptors (Lipinski definition) is 4. The number of aliphatic hydroxyl groups excluding tert-OH is 1. The predicted molar refractivity (Wildman–Crippen MR) is 67.0 cm³/mol. The molecule has 1 aliphatic rings. The average molecular weight is 250 g/mol. The average Bonchev–Trinajstić information content (AvgIpc) is 2.37. The third-order valence-electron chi connectivity index (χ3n) is 3.58. The first-order valence-electron chi connectivity index (χ1n) is 6.00. The molecule has 0 aliphatic heterocycles. The van der Waals surface area contributed by atoms with Gasteiger partial charge in [0.2, 0.25) is 0 Å². The van der Waals surface area contributed by atoms with Gasteiger partial charge in [-0.25, -0.2) is 0 Å². The molecule has 0 radical (unpaired) electrons. The van der Waals surface area contributed by atoms with Crippen molar-refractivity contribution >= 4 is 5.78 Å². The van der Waals surface area contributed by atoms with Gasteiger partial charge in [0.1, 0.15) is 17.3 Å². The number of fused-ring (bicyclic) bond motifs is 1. The van der Waals surface area contributed by atoms with Crippen molar-refractivity contribution in [1.82, 2.24) is 0 Å². The summed E-state index contributed by atoms with van der Waals surface area (Å²) in [5.41, 5.74) is 1.64. The molecule has 4 nitrogen and oxygen atoms in total. The van der Waals surface area contributed by atoms with Crippen LogP contribution in [0.1, 0.15) is 30.6 Å². The fraction of sp³-hybridized carbons (Fsp3) is 0.500. The van der Waals surface area contributed by atoms with Gasteiger partial charge >= 0.3 is 0 Å². The summed E-state index contributed by atoms with van der Waals surface area (Å²) in [4.78, 5) is 11.5. The molecule has 1 aliphatic carbocycles. The first-order valence-corrected chi connectivity index (χ1v) is 6.00. The second kappa shape index (κ2) is 4.98. The number of hydrogen-bond donors (Lipinski definition) is 1. The summed E-state index contributed by atoms with van der Waals surface area (Å²) in [6, 6.07) is 3.60. The van der Waals surface area contributed by atoms with Gasteiger partial charge in [0.25, 0.3) is 0 Å². The molecule has 98 valence electrons. The first-order chi connectivity index (χ1) is 8.58. The Bertz CT molecular complexity index is 467. The Morgan fingerprint density at radius 3 is 2.44 bits per heavy atom. The van der Waals surface area contributed by atoms with Gasteiger partial charge in [-0.05, 0) is 31.9 Å². The Morgan fingerprint density at radius 1 is 1.28 bits per heavy atom. The maximum atomic E-state index is 11.5. The van der Waals surface area contributed by atoms with Crippen LogP contribution in [-0.2, 0) is 11.2 Å². The fourth-order valence-corrected chi connectivity index (χ4v) is 2.60. The monoisotopic (exact) mass is 250 g/mol. The van der Waals surface area contributed by atoms with Crippen LogP contribution in [0, 0.1) is 5.92 Å². The Hall–Kier alpha value is -1.55. The molecule has 0 saturated carbocycles. The normalized spacial score (nSPS) is 22.2. The van der Waals surface area contributed by atoms with Crippen molar-refractivity contribution in [2.75, 3.05) is 14.2 Å². The van der Waals surface area contributed by atoms with Crippen LogP contribution in [0.2, 0.25) is 0 Å². The molecular formula is C14H18O4. The van der Waals surface area contributed by atoms with E-state index in [2.05, 4.69) is 0 Å². The molecule has 0 heterocycles. The van der Waals surface area contributed by atoms with Crippen molar-refractivity contribution in [3.05, 3.63) is 23.3 Å². The lowest BCUT2D eigenvalue weighted by Crippen LogP contribution is -2.24. The van der Waals surface area contributed by atoms with E-state index in [1.165, 1.54) is 0 Å². The third kappa shape index (κ3) is 2.08. The summed E-state index contributed by atoms with van der Waals surface area (Å²) >= 11 is 0.